The van der Waals surface area contributed by atoms with Gasteiger partial charge in [-0.05, 0) is 32.9 Å². The Balaban J connectivity index is 0.000000139. The summed E-state index contributed by atoms with van der Waals surface area (Å²) < 4.78 is 4.55. The summed E-state index contributed by atoms with van der Waals surface area (Å²) in [7, 11) is 0. The Morgan fingerprint density at radius 3 is 2.47 bits per heavy atom. The predicted molar refractivity (Wildman–Crippen MR) is 67.6 cm³/mol. The molecule has 0 saturated carbocycles. The van der Waals surface area contributed by atoms with E-state index in [-0.39, 0.29) is 5.60 Å². The van der Waals surface area contributed by atoms with Gasteiger partial charge < -0.3 is 4.74 Å². The van der Waals surface area contributed by atoms with Crippen LogP contribution in [0.2, 0.25) is 0 Å². The highest BCUT2D eigenvalue weighted by molar-refractivity contribution is 5.90. The SMILES string of the molecule is CC(C)(C)OC=O.c1cc2ccc3nc2cc1-3. The van der Waals surface area contributed by atoms with Crippen LogP contribution in [-0.2, 0) is 9.53 Å². The molecule has 3 nitrogen and oxygen atoms in total. The third kappa shape index (κ3) is 2.61. The molecule has 1 aliphatic heterocycles. The van der Waals surface area contributed by atoms with E-state index in [4.69, 9.17) is 0 Å². The number of aromatic nitrogens is 1. The van der Waals surface area contributed by atoms with Gasteiger partial charge in [0.05, 0.1) is 11.2 Å². The van der Waals surface area contributed by atoms with Gasteiger partial charge in [0.2, 0.25) is 0 Å². The van der Waals surface area contributed by atoms with Gasteiger partial charge in [0.1, 0.15) is 5.60 Å². The summed E-state index contributed by atoms with van der Waals surface area (Å²) in [5, 5.41) is 1.24. The maximum absolute atomic E-state index is 9.60. The summed E-state index contributed by atoms with van der Waals surface area (Å²) >= 11 is 0. The summed E-state index contributed by atoms with van der Waals surface area (Å²) in [5.41, 5.74) is 3.19. The van der Waals surface area contributed by atoms with Crippen LogP contribution in [0.25, 0.3) is 22.2 Å². The first-order chi connectivity index (χ1) is 7.99. The molecule has 0 radical (unpaired) electrons. The van der Waals surface area contributed by atoms with Crippen LogP contribution < -0.4 is 0 Å². The van der Waals surface area contributed by atoms with E-state index in [2.05, 4.69) is 40.1 Å². The zero-order valence-corrected chi connectivity index (χ0v) is 10.2. The largest absolute Gasteiger partial charge is 0.462 e. The van der Waals surface area contributed by atoms with E-state index >= 15 is 0 Å². The van der Waals surface area contributed by atoms with Gasteiger partial charge in [0.15, 0.2) is 0 Å². The average molecular weight is 229 g/mol. The van der Waals surface area contributed by atoms with Crippen LogP contribution in [0.5, 0.6) is 0 Å². The van der Waals surface area contributed by atoms with Crippen molar-refractivity contribution in [3.63, 3.8) is 0 Å². The van der Waals surface area contributed by atoms with E-state index in [1.165, 1.54) is 10.9 Å². The van der Waals surface area contributed by atoms with Gasteiger partial charge in [-0.1, -0.05) is 18.2 Å². The summed E-state index contributed by atoms with van der Waals surface area (Å²) in [6, 6.07) is 10.5. The lowest BCUT2D eigenvalue weighted by atomic mass is 10.2. The van der Waals surface area contributed by atoms with Crippen LogP contribution in [0.1, 0.15) is 20.8 Å². The Kier molecular flexibility index (Phi) is 2.84. The standard InChI is InChI=1S/C9H5N.C5H10O2/c1-2-7-5-9-6(1)3-4-8(7)10-9;1-5(2,3)7-4-6/h1-5H;4H,1-3H3. The van der Waals surface area contributed by atoms with E-state index < -0.39 is 0 Å². The van der Waals surface area contributed by atoms with Crippen LogP contribution >= 0.6 is 0 Å². The molecule has 0 spiro atoms. The van der Waals surface area contributed by atoms with Crippen LogP contribution in [0, 0.1) is 0 Å². The molecule has 2 heterocycles. The first-order valence-electron chi connectivity index (χ1n) is 5.52. The highest BCUT2D eigenvalue weighted by Crippen LogP contribution is 2.29. The molecule has 0 fully saturated rings. The quantitative estimate of drug-likeness (QED) is 0.602. The number of ether oxygens (including phenoxy) is 1. The van der Waals surface area contributed by atoms with Crippen molar-refractivity contribution in [2.24, 2.45) is 0 Å². The number of hydrogen-bond donors (Lipinski definition) is 0. The molecule has 0 atom stereocenters. The number of benzene rings is 1. The topological polar surface area (TPSA) is 39.2 Å². The van der Waals surface area contributed by atoms with Crippen LogP contribution in [0.15, 0.2) is 30.3 Å². The third-order valence-electron chi connectivity index (χ3n) is 2.39. The molecule has 0 unspecified atom stereocenters. The normalized spacial score (nSPS) is 11.5. The minimum Gasteiger partial charge on any atom is -0.462 e. The molecule has 3 bridgehead atoms. The maximum atomic E-state index is 9.60. The maximum Gasteiger partial charge on any atom is 0.293 e. The Morgan fingerprint density at radius 2 is 1.88 bits per heavy atom. The summed E-state index contributed by atoms with van der Waals surface area (Å²) in [6.45, 7) is 5.92. The minimum absolute atomic E-state index is 0.318. The van der Waals surface area contributed by atoms with E-state index in [1.807, 2.05) is 20.8 Å². The smallest absolute Gasteiger partial charge is 0.293 e. The number of carbonyl (C=O) groups excluding carboxylic acids is 1. The second-order valence-corrected chi connectivity index (χ2v) is 4.93. The Labute approximate surface area is 100 Å². The van der Waals surface area contributed by atoms with Crippen molar-refractivity contribution in [2.45, 2.75) is 26.4 Å². The number of rotatable bonds is 1. The fourth-order valence-corrected chi connectivity index (χ4v) is 1.58. The molecule has 0 saturated heterocycles. The Hall–Kier alpha value is -1.90. The molecule has 1 aromatic carbocycles. The van der Waals surface area contributed by atoms with Gasteiger partial charge in [-0.15, -0.1) is 0 Å². The van der Waals surface area contributed by atoms with Crippen molar-refractivity contribution in [1.82, 2.24) is 4.98 Å². The van der Waals surface area contributed by atoms with Gasteiger partial charge in [0, 0.05) is 10.9 Å². The second-order valence-electron chi connectivity index (χ2n) is 4.93. The van der Waals surface area contributed by atoms with Crippen LogP contribution in [0.4, 0.5) is 0 Å². The summed E-state index contributed by atoms with van der Waals surface area (Å²) in [4.78, 5) is 14.0. The zero-order valence-electron chi connectivity index (χ0n) is 10.2. The van der Waals surface area contributed by atoms with Crippen molar-refractivity contribution in [1.29, 1.82) is 0 Å². The van der Waals surface area contributed by atoms with Gasteiger partial charge in [-0.2, -0.15) is 0 Å². The van der Waals surface area contributed by atoms with Crippen molar-refractivity contribution >= 4 is 17.4 Å². The van der Waals surface area contributed by atoms with Gasteiger partial charge >= 0.3 is 0 Å². The highest BCUT2D eigenvalue weighted by atomic mass is 16.5. The molecule has 2 aromatic rings. The molecule has 0 aliphatic carbocycles. The molecule has 1 aromatic heterocycles. The van der Waals surface area contributed by atoms with Crippen LogP contribution in [-0.4, -0.2) is 17.1 Å². The molecule has 17 heavy (non-hydrogen) atoms. The van der Waals surface area contributed by atoms with Crippen molar-refractivity contribution in [3.8, 4) is 11.3 Å². The van der Waals surface area contributed by atoms with E-state index in [9.17, 15) is 4.79 Å². The molecule has 3 rings (SSSR count). The summed E-state index contributed by atoms with van der Waals surface area (Å²) in [5.74, 6) is 0. The van der Waals surface area contributed by atoms with Crippen LogP contribution in [0.3, 0.4) is 0 Å². The number of carbonyl (C=O) groups is 1. The lowest BCUT2D eigenvalue weighted by Gasteiger charge is -2.14. The molecule has 0 N–H and O–H groups in total. The Bertz CT molecular complexity index is 519. The lowest BCUT2D eigenvalue weighted by molar-refractivity contribution is -0.138. The second kappa shape index (κ2) is 4.17. The lowest BCUT2D eigenvalue weighted by Crippen LogP contribution is -2.17. The molecular formula is C14H15NO2. The van der Waals surface area contributed by atoms with Crippen molar-refractivity contribution < 1.29 is 9.53 Å². The van der Waals surface area contributed by atoms with Crippen molar-refractivity contribution in [3.05, 3.63) is 30.3 Å². The molecule has 0 amide bonds. The van der Waals surface area contributed by atoms with Gasteiger partial charge in [-0.25, -0.2) is 4.98 Å². The molecular weight excluding hydrogens is 214 g/mol. The predicted octanol–water partition coefficient (Wildman–Crippen LogP) is 3.17. The van der Waals surface area contributed by atoms with E-state index in [0.29, 0.717) is 6.47 Å². The highest BCUT2D eigenvalue weighted by Gasteiger charge is 2.08. The molecule has 1 aliphatic rings. The fourth-order valence-electron chi connectivity index (χ4n) is 1.58. The molecule has 3 heteroatoms. The zero-order chi connectivity index (χ0) is 12.5. The van der Waals surface area contributed by atoms with Gasteiger partial charge in [0.25, 0.3) is 6.47 Å². The van der Waals surface area contributed by atoms with Gasteiger partial charge in [-0.3, -0.25) is 4.79 Å². The third-order valence-corrected chi connectivity index (χ3v) is 2.39. The number of pyridine rings is 1. The average Bonchev–Trinajstić information content (AvgIpc) is 2.39. The number of hydrogen-bond acceptors (Lipinski definition) is 3. The molecule has 88 valence electrons. The van der Waals surface area contributed by atoms with Crippen molar-refractivity contribution in [2.75, 3.05) is 0 Å². The summed E-state index contributed by atoms with van der Waals surface area (Å²) in [6.07, 6.45) is 0. The minimum atomic E-state index is -0.318. The Morgan fingerprint density at radius 1 is 1.18 bits per heavy atom. The van der Waals surface area contributed by atoms with E-state index in [1.54, 1.807) is 0 Å². The first kappa shape index (κ1) is 11.6. The fraction of sp³-hybridized carbons (Fsp3) is 0.286. The monoisotopic (exact) mass is 229 g/mol. The number of fused-ring (bicyclic) bond motifs is 3. The first-order valence-corrected chi connectivity index (χ1v) is 5.52. The van der Waals surface area contributed by atoms with E-state index in [0.717, 1.165) is 11.2 Å². The number of nitrogens with zero attached hydrogens (tertiary/aromatic N) is 1.